The summed E-state index contributed by atoms with van der Waals surface area (Å²) in [4.78, 5) is 10.6. The van der Waals surface area contributed by atoms with Crippen molar-refractivity contribution >= 4 is 22.2 Å². The summed E-state index contributed by atoms with van der Waals surface area (Å²) in [5, 5.41) is 2.97. The molecule has 0 aliphatic rings. The summed E-state index contributed by atoms with van der Waals surface area (Å²) in [5.41, 5.74) is -0.376. The van der Waals surface area contributed by atoms with E-state index in [-0.39, 0.29) is 15.4 Å². The number of nitrogens with zero attached hydrogens (tertiary/aromatic N) is 1. The van der Waals surface area contributed by atoms with Gasteiger partial charge in [-0.3, -0.25) is 8.42 Å². The lowest BCUT2D eigenvalue weighted by Gasteiger charge is -2.27. The van der Waals surface area contributed by atoms with Crippen LogP contribution in [-0.4, -0.2) is 17.5 Å². The lowest BCUT2D eigenvalue weighted by atomic mass is 9.83. The van der Waals surface area contributed by atoms with E-state index in [2.05, 4.69) is 5.18 Å². The third kappa shape index (κ3) is 3.75. The Morgan fingerprint density at radius 3 is 2.11 bits per heavy atom. The Morgan fingerprint density at radius 2 is 1.74 bits per heavy atom. The molecule has 0 spiro atoms. The third-order valence-electron chi connectivity index (χ3n) is 2.58. The van der Waals surface area contributed by atoms with Crippen molar-refractivity contribution in [2.45, 2.75) is 36.6 Å². The predicted molar refractivity (Wildman–Crippen MR) is 68.8 cm³/mol. The lowest BCUT2D eigenvalue weighted by molar-refractivity contribution is 0.323. The second-order valence-corrected chi connectivity index (χ2v) is 6.89. The standard InChI is InChI=1S/C11H15NO5S2/c1-11(2,3)10(12-13)8-5-4-7(18(14)15)6-9(8)19(16)17/h4-6,10H,1-3H3,(H,14,15)(H,16,17)/p-2. The van der Waals surface area contributed by atoms with Gasteiger partial charge >= 0.3 is 0 Å². The molecule has 3 atom stereocenters. The number of nitroso groups, excluding NO2 is 1. The average Bonchev–Trinajstić information content (AvgIpc) is 2.27. The summed E-state index contributed by atoms with van der Waals surface area (Å²) in [5.74, 6) is 0. The van der Waals surface area contributed by atoms with E-state index in [1.165, 1.54) is 12.1 Å². The van der Waals surface area contributed by atoms with Gasteiger partial charge in [-0.15, -0.1) is 0 Å². The SMILES string of the molecule is CC(C)(C)C(N=O)c1ccc(S(=O)[O-])cc1S(=O)[O-]. The van der Waals surface area contributed by atoms with Gasteiger partial charge in [0.1, 0.15) is 6.04 Å². The Kier molecular flexibility index (Phi) is 5.08. The maximum absolute atomic E-state index is 11.2. The molecule has 0 saturated carbocycles. The summed E-state index contributed by atoms with van der Waals surface area (Å²) in [6.07, 6.45) is 0. The van der Waals surface area contributed by atoms with E-state index in [4.69, 9.17) is 0 Å². The molecular formula is C11H13NO5S2-2. The molecule has 0 radical (unpaired) electrons. The summed E-state index contributed by atoms with van der Waals surface area (Å²) < 4.78 is 44.1. The predicted octanol–water partition coefficient (Wildman–Crippen LogP) is 2.02. The number of benzene rings is 1. The summed E-state index contributed by atoms with van der Waals surface area (Å²) in [6, 6.07) is 2.70. The molecule has 0 aliphatic heterocycles. The van der Waals surface area contributed by atoms with Crippen molar-refractivity contribution in [3.8, 4) is 0 Å². The van der Waals surface area contributed by atoms with Gasteiger partial charge in [0.15, 0.2) is 0 Å². The summed E-state index contributed by atoms with van der Waals surface area (Å²) >= 11 is -5.18. The van der Waals surface area contributed by atoms with Crippen LogP contribution in [0.2, 0.25) is 0 Å². The van der Waals surface area contributed by atoms with Crippen molar-refractivity contribution in [2.75, 3.05) is 0 Å². The largest absolute Gasteiger partial charge is 0.768 e. The topological polar surface area (TPSA) is 110 Å². The zero-order valence-corrected chi connectivity index (χ0v) is 12.2. The average molecular weight is 303 g/mol. The van der Waals surface area contributed by atoms with Gasteiger partial charge in [0.05, 0.1) is 0 Å². The molecule has 106 valence electrons. The van der Waals surface area contributed by atoms with Gasteiger partial charge < -0.3 is 9.11 Å². The van der Waals surface area contributed by atoms with Crippen LogP contribution in [0.3, 0.4) is 0 Å². The molecule has 0 N–H and O–H groups in total. The van der Waals surface area contributed by atoms with Crippen LogP contribution >= 0.6 is 0 Å². The molecule has 1 rings (SSSR count). The summed E-state index contributed by atoms with van der Waals surface area (Å²) in [6.45, 7) is 5.24. The zero-order chi connectivity index (χ0) is 14.8. The smallest absolute Gasteiger partial charge is 0.123 e. The van der Waals surface area contributed by atoms with Gasteiger partial charge in [0, 0.05) is 9.79 Å². The molecule has 19 heavy (non-hydrogen) atoms. The second-order valence-electron chi connectivity index (χ2n) is 5.04. The number of hydrogen-bond donors (Lipinski definition) is 0. The first-order valence-electron chi connectivity index (χ1n) is 5.33. The van der Waals surface area contributed by atoms with Crippen LogP contribution in [0.15, 0.2) is 33.2 Å². The van der Waals surface area contributed by atoms with Crippen molar-refractivity contribution < 1.29 is 17.5 Å². The minimum Gasteiger partial charge on any atom is -0.768 e. The highest BCUT2D eigenvalue weighted by atomic mass is 32.2. The van der Waals surface area contributed by atoms with Gasteiger partial charge in [-0.25, -0.2) is 0 Å². The van der Waals surface area contributed by atoms with Crippen molar-refractivity contribution in [2.24, 2.45) is 10.6 Å². The molecule has 0 aliphatic carbocycles. The van der Waals surface area contributed by atoms with Crippen LogP contribution in [0.25, 0.3) is 0 Å². The van der Waals surface area contributed by atoms with E-state index in [9.17, 15) is 22.4 Å². The van der Waals surface area contributed by atoms with Gasteiger partial charge in [-0.1, -0.05) is 32.0 Å². The van der Waals surface area contributed by atoms with Gasteiger partial charge in [0.2, 0.25) is 0 Å². The Bertz CT molecular complexity index is 538. The van der Waals surface area contributed by atoms with E-state index in [0.717, 1.165) is 6.07 Å². The van der Waals surface area contributed by atoms with E-state index < -0.39 is 33.6 Å². The van der Waals surface area contributed by atoms with Crippen LogP contribution in [0.4, 0.5) is 0 Å². The van der Waals surface area contributed by atoms with E-state index >= 15 is 0 Å². The highest BCUT2D eigenvalue weighted by molar-refractivity contribution is 7.80. The van der Waals surface area contributed by atoms with E-state index in [1.54, 1.807) is 20.8 Å². The fourth-order valence-electron chi connectivity index (χ4n) is 1.67. The summed E-state index contributed by atoms with van der Waals surface area (Å²) in [7, 11) is 0. The molecule has 1 aromatic carbocycles. The molecular weight excluding hydrogens is 290 g/mol. The number of hydrogen-bond acceptors (Lipinski definition) is 6. The van der Waals surface area contributed by atoms with Gasteiger partial charge in [0.25, 0.3) is 0 Å². The van der Waals surface area contributed by atoms with Crippen LogP contribution < -0.4 is 0 Å². The lowest BCUT2D eigenvalue weighted by Crippen LogP contribution is -2.18. The molecule has 3 unspecified atom stereocenters. The molecule has 0 aromatic heterocycles. The van der Waals surface area contributed by atoms with Gasteiger partial charge in [-0.05, 0) is 45.3 Å². The molecule has 1 aromatic rings. The van der Waals surface area contributed by atoms with Crippen LogP contribution in [0.5, 0.6) is 0 Å². The first-order valence-corrected chi connectivity index (χ1v) is 7.48. The van der Waals surface area contributed by atoms with Crippen molar-refractivity contribution in [1.29, 1.82) is 0 Å². The zero-order valence-electron chi connectivity index (χ0n) is 10.6. The second kappa shape index (κ2) is 6.00. The van der Waals surface area contributed by atoms with Crippen molar-refractivity contribution in [1.82, 2.24) is 0 Å². The van der Waals surface area contributed by atoms with Crippen molar-refractivity contribution in [3.05, 3.63) is 28.7 Å². The Hall–Kier alpha value is -0.960. The molecule has 6 nitrogen and oxygen atoms in total. The van der Waals surface area contributed by atoms with Crippen LogP contribution in [0.1, 0.15) is 32.4 Å². The highest BCUT2D eigenvalue weighted by Crippen LogP contribution is 2.38. The van der Waals surface area contributed by atoms with Gasteiger partial charge in [-0.2, -0.15) is 4.91 Å². The fourth-order valence-corrected chi connectivity index (χ4v) is 2.73. The normalized spacial score (nSPS) is 16.7. The molecule has 0 bridgehead atoms. The molecule has 0 saturated heterocycles. The fraction of sp³-hybridized carbons (Fsp3) is 0.455. The molecule has 0 amide bonds. The maximum atomic E-state index is 11.2. The molecule has 0 heterocycles. The van der Waals surface area contributed by atoms with E-state index in [0.29, 0.717) is 0 Å². The Morgan fingerprint density at radius 1 is 1.16 bits per heavy atom. The highest BCUT2D eigenvalue weighted by Gasteiger charge is 2.29. The minimum absolute atomic E-state index is 0.151. The molecule has 0 fully saturated rings. The Balaban J connectivity index is 3.47. The quantitative estimate of drug-likeness (QED) is 0.624. The van der Waals surface area contributed by atoms with Crippen LogP contribution in [-0.2, 0) is 22.2 Å². The third-order valence-corrected chi connectivity index (χ3v) is 3.93. The maximum Gasteiger partial charge on any atom is 0.123 e. The first kappa shape index (κ1) is 16.1. The van der Waals surface area contributed by atoms with E-state index in [1.807, 2.05) is 0 Å². The molecule has 8 heteroatoms. The minimum atomic E-state index is -2.65. The monoisotopic (exact) mass is 303 g/mol. The number of rotatable bonds is 4. The Labute approximate surface area is 116 Å². The first-order chi connectivity index (χ1) is 8.68. The van der Waals surface area contributed by atoms with Crippen molar-refractivity contribution in [3.63, 3.8) is 0 Å². The van der Waals surface area contributed by atoms with Crippen LogP contribution in [0, 0.1) is 10.3 Å².